The van der Waals surface area contributed by atoms with Crippen LogP contribution in [-0.4, -0.2) is 31.6 Å². The molecule has 112 valence electrons. The molecule has 0 unspecified atom stereocenters. The van der Waals surface area contributed by atoms with E-state index < -0.39 is 16.0 Å². The molecule has 2 N–H and O–H groups in total. The van der Waals surface area contributed by atoms with Gasteiger partial charge >= 0.3 is 5.97 Å². The first-order valence-electron chi connectivity index (χ1n) is 5.38. The van der Waals surface area contributed by atoms with Crippen LogP contribution in [0, 0.1) is 0 Å². The lowest BCUT2D eigenvalue weighted by Gasteiger charge is -2.12. The number of aromatic nitrogens is 1. The first kappa shape index (κ1) is 15.5. The predicted octanol–water partition coefficient (Wildman–Crippen LogP) is 2.30. The van der Waals surface area contributed by atoms with Gasteiger partial charge in [0.25, 0.3) is 10.0 Å². The van der Waals surface area contributed by atoms with E-state index in [-0.39, 0.29) is 26.4 Å². The quantitative estimate of drug-likeness (QED) is 0.858. The van der Waals surface area contributed by atoms with Crippen LogP contribution in [0.25, 0.3) is 0 Å². The Bertz CT molecular complexity index is 774. The van der Waals surface area contributed by atoms with Crippen LogP contribution in [-0.2, 0) is 10.0 Å². The van der Waals surface area contributed by atoms with Gasteiger partial charge in [-0.2, -0.15) is 0 Å². The summed E-state index contributed by atoms with van der Waals surface area (Å²) in [5.74, 6) is -1.64. The number of ether oxygens (including phenoxy) is 1. The topological polar surface area (TPSA) is 106 Å². The van der Waals surface area contributed by atoms with Gasteiger partial charge in [-0.05, 0) is 12.1 Å². The van der Waals surface area contributed by atoms with Gasteiger partial charge in [0.1, 0.15) is 10.5 Å². The van der Waals surface area contributed by atoms with Gasteiger partial charge in [0.15, 0.2) is 10.9 Å². The molecule has 2 rings (SSSR count). The lowest BCUT2D eigenvalue weighted by Crippen LogP contribution is -2.15. The van der Waals surface area contributed by atoms with Crippen molar-refractivity contribution in [3.05, 3.63) is 34.3 Å². The Morgan fingerprint density at radius 3 is 2.71 bits per heavy atom. The number of hydrogen-bond acceptors (Lipinski definition) is 6. The maximum atomic E-state index is 12.3. The fourth-order valence-electron chi connectivity index (χ4n) is 1.58. The van der Waals surface area contributed by atoms with E-state index in [9.17, 15) is 13.2 Å². The molecule has 0 bridgehead atoms. The summed E-state index contributed by atoms with van der Waals surface area (Å²) in [6.45, 7) is 0. The summed E-state index contributed by atoms with van der Waals surface area (Å²) >= 11 is 6.87. The summed E-state index contributed by atoms with van der Waals surface area (Å²) in [5.41, 5.74) is -0.343. The highest BCUT2D eigenvalue weighted by atomic mass is 35.5. The average molecular weight is 349 g/mol. The summed E-state index contributed by atoms with van der Waals surface area (Å²) in [6, 6.07) is 2.23. The van der Waals surface area contributed by atoms with Gasteiger partial charge in [0.2, 0.25) is 0 Å². The number of sulfonamides is 1. The number of aromatic carboxylic acids is 1. The van der Waals surface area contributed by atoms with Crippen molar-refractivity contribution >= 4 is 44.1 Å². The van der Waals surface area contributed by atoms with E-state index in [1.807, 2.05) is 0 Å². The maximum absolute atomic E-state index is 12.3. The summed E-state index contributed by atoms with van der Waals surface area (Å²) in [5, 5.41) is 10.8. The molecule has 7 nitrogen and oxygen atoms in total. The number of rotatable bonds is 5. The van der Waals surface area contributed by atoms with Crippen molar-refractivity contribution in [2.75, 3.05) is 11.8 Å². The van der Waals surface area contributed by atoms with Crippen LogP contribution in [0.5, 0.6) is 5.75 Å². The summed E-state index contributed by atoms with van der Waals surface area (Å²) < 4.78 is 31.8. The smallest absolute Gasteiger partial charge is 0.339 e. The Hall–Kier alpha value is -1.84. The van der Waals surface area contributed by atoms with Crippen LogP contribution in [0.1, 0.15) is 10.4 Å². The number of carbonyl (C=O) groups is 1. The van der Waals surface area contributed by atoms with E-state index in [2.05, 4.69) is 9.71 Å². The Balaban J connectivity index is 2.59. The molecule has 0 aliphatic carbocycles. The molecule has 0 amide bonds. The Morgan fingerprint density at radius 2 is 2.19 bits per heavy atom. The molecule has 0 saturated carbocycles. The fourth-order valence-corrected chi connectivity index (χ4v) is 3.87. The number of methoxy groups -OCH3 is 1. The van der Waals surface area contributed by atoms with Crippen molar-refractivity contribution in [1.29, 1.82) is 0 Å². The van der Waals surface area contributed by atoms with Crippen molar-refractivity contribution in [2.45, 2.75) is 4.90 Å². The molecule has 1 aromatic carbocycles. The number of hydrogen-bond donors (Lipinski definition) is 2. The summed E-state index contributed by atoms with van der Waals surface area (Å²) in [6.07, 6.45) is 1.43. The predicted molar refractivity (Wildman–Crippen MR) is 77.9 cm³/mol. The second kappa shape index (κ2) is 5.88. The van der Waals surface area contributed by atoms with Crippen LogP contribution >= 0.6 is 22.9 Å². The van der Waals surface area contributed by atoms with Crippen molar-refractivity contribution in [2.24, 2.45) is 0 Å². The van der Waals surface area contributed by atoms with E-state index in [0.717, 1.165) is 23.5 Å². The zero-order valence-corrected chi connectivity index (χ0v) is 12.9. The maximum Gasteiger partial charge on any atom is 0.339 e. The molecule has 0 saturated heterocycles. The van der Waals surface area contributed by atoms with E-state index in [1.165, 1.54) is 13.3 Å². The molecule has 0 fully saturated rings. The molecule has 2 aromatic rings. The molecule has 0 radical (unpaired) electrons. The molecular weight excluding hydrogens is 340 g/mol. The van der Waals surface area contributed by atoms with Crippen molar-refractivity contribution in [1.82, 2.24) is 4.98 Å². The highest BCUT2D eigenvalue weighted by molar-refractivity contribution is 7.93. The molecule has 1 heterocycles. The molecule has 0 atom stereocenters. The van der Waals surface area contributed by atoms with Crippen molar-refractivity contribution < 1.29 is 23.1 Å². The zero-order chi connectivity index (χ0) is 15.6. The second-order valence-electron chi connectivity index (χ2n) is 3.73. The third-order valence-corrected chi connectivity index (χ3v) is 4.78. The number of carboxylic acids is 1. The lowest BCUT2D eigenvalue weighted by molar-refractivity contribution is 0.0693. The molecule has 21 heavy (non-hydrogen) atoms. The molecule has 10 heteroatoms. The molecule has 0 aliphatic rings. The van der Waals surface area contributed by atoms with Crippen LogP contribution in [0.15, 0.2) is 28.6 Å². The third-order valence-electron chi connectivity index (χ3n) is 2.40. The van der Waals surface area contributed by atoms with Crippen LogP contribution < -0.4 is 9.46 Å². The van der Waals surface area contributed by atoms with Crippen molar-refractivity contribution in [3.63, 3.8) is 0 Å². The van der Waals surface area contributed by atoms with E-state index >= 15 is 0 Å². The van der Waals surface area contributed by atoms with Gasteiger partial charge in [-0.25, -0.2) is 18.2 Å². The monoisotopic (exact) mass is 348 g/mol. The number of benzene rings is 1. The summed E-state index contributed by atoms with van der Waals surface area (Å²) in [4.78, 5) is 14.6. The highest BCUT2D eigenvalue weighted by Crippen LogP contribution is 2.33. The Morgan fingerprint density at radius 1 is 1.48 bits per heavy atom. The van der Waals surface area contributed by atoms with Crippen LogP contribution in [0.4, 0.5) is 5.13 Å². The lowest BCUT2D eigenvalue weighted by atomic mass is 10.2. The normalized spacial score (nSPS) is 11.1. The number of thiazole rings is 1. The second-order valence-corrected chi connectivity index (χ2v) is 6.71. The highest BCUT2D eigenvalue weighted by Gasteiger charge is 2.26. The molecule has 0 aliphatic heterocycles. The Labute approximate surface area is 129 Å². The standard InChI is InChI=1S/C11H9ClN2O5S2/c1-19-9-7(10(15)16)4-6(12)5-8(9)21(17,18)14-11-13-2-3-20-11/h2-5H,1H3,(H,13,14)(H,15,16). The third kappa shape index (κ3) is 3.26. The SMILES string of the molecule is COc1c(C(=O)O)cc(Cl)cc1S(=O)(=O)Nc1nccs1. The number of carboxylic acid groups (broad SMARTS) is 1. The minimum Gasteiger partial charge on any atom is -0.494 e. The number of nitrogens with one attached hydrogen (secondary N) is 1. The Kier molecular flexibility index (Phi) is 4.35. The molecule has 0 spiro atoms. The average Bonchev–Trinajstić information content (AvgIpc) is 2.89. The number of halogens is 1. The van der Waals surface area contributed by atoms with Crippen molar-refractivity contribution in [3.8, 4) is 5.75 Å². The van der Waals surface area contributed by atoms with Gasteiger partial charge < -0.3 is 9.84 Å². The van der Waals surface area contributed by atoms with Crippen LogP contribution in [0.2, 0.25) is 5.02 Å². The summed E-state index contributed by atoms with van der Waals surface area (Å²) in [7, 11) is -2.90. The van der Waals surface area contributed by atoms with E-state index in [1.54, 1.807) is 5.38 Å². The number of nitrogens with zero attached hydrogens (tertiary/aromatic N) is 1. The van der Waals surface area contributed by atoms with E-state index in [0.29, 0.717) is 0 Å². The first-order chi connectivity index (χ1) is 9.85. The van der Waals surface area contributed by atoms with Gasteiger partial charge in [-0.15, -0.1) is 11.3 Å². The van der Waals surface area contributed by atoms with E-state index in [4.69, 9.17) is 21.4 Å². The first-order valence-corrected chi connectivity index (χ1v) is 8.12. The van der Waals surface area contributed by atoms with Gasteiger partial charge in [-0.1, -0.05) is 11.6 Å². The van der Waals surface area contributed by atoms with Gasteiger partial charge in [0, 0.05) is 16.6 Å². The minimum atomic E-state index is -4.08. The number of anilines is 1. The van der Waals surface area contributed by atoms with Gasteiger partial charge in [0.05, 0.1) is 7.11 Å². The zero-order valence-electron chi connectivity index (χ0n) is 10.5. The molecule has 1 aromatic heterocycles. The minimum absolute atomic E-state index is 0.0345. The van der Waals surface area contributed by atoms with Crippen LogP contribution in [0.3, 0.4) is 0 Å². The van der Waals surface area contributed by atoms with Gasteiger partial charge in [-0.3, -0.25) is 4.72 Å². The fraction of sp³-hybridized carbons (Fsp3) is 0.0909. The molecular formula is C11H9ClN2O5S2. The largest absolute Gasteiger partial charge is 0.494 e.